The Labute approximate surface area is 130 Å². The number of hydrogen-bond acceptors (Lipinski definition) is 4. The van der Waals surface area contributed by atoms with Crippen molar-refractivity contribution in [2.45, 2.75) is 51.0 Å². The lowest BCUT2D eigenvalue weighted by atomic mass is 9.98. The Morgan fingerprint density at radius 3 is 2.45 bits per heavy atom. The van der Waals surface area contributed by atoms with Gasteiger partial charge in [0.25, 0.3) is 5.91 Å². The summed E-state index contributed by atoms with van der Waals surface area (Å²) in [4.78, 5) is 23.0. The van der Waals surface area contributed by atoms with Crippen LogP contribution in [-0.2, 0) is 9.53 Å². The zero-order valence-corrected chi connectivity index (χ0v) is 12.8. The first-order chi connectivity index (χ1) is 10.6. The van der Waals surface area contributed by atoms with Crippen molar-refractivity contribution in [2.75, 3.05) is 6.61 Å². The van der Waals surface area contributed by atoms with Crippen LogP contribution in [-0.4, -0.2) is 24.6 Å². The quantitative estimate of drug-likeness (QED) is 0.848. The molecule has 1 saturated carbocycles. The number of amides is 1. The Bertz CT molecular complexity index is 507. The molecule has 0 heterocycles. The second-order valence-electron chi connectivity index (χ2n) is 5.66. The SMILES string of the molecule is NC(=O)COc1cccc(C(=O)OC2CCCCCCC2)c1. The van der Waals surface area contributed by atoms with Gasteiger partial charge < -0.3 is 15.2 Å². The zero-order chi connectivity index (χ0) is 15.8. The number of nitrogens with two attached hydrogens (primary N) is 1. The van der Waals surface area contributed by atoms with E-state index < -0.39 is 5.91 Å². The molecule has 0 unspecified atom stereocenters. The molecule has 0 atom stereocenters. The van der Waals surface area contributed by atoms with Crippen molar-refractivity contribution >= 4 is 11.9 Å². The predicted molar refractivity (Wildman–Crippen MR) is 82.7 cm³/mol. The van der Waals surface area contributed by atoms with Crippen LogP contribution in [0.2, 0.25) is 0 Å². The van der Waals surface area contributed by atoms with E-state index in [0.29, 0.717) is 11.3 Å². The van der Waals surface area contributed by atoms with Crippen LogP contribution in [0.3, 0.4) is 0 Å². The molecular weight excluding hydrogens is 282 g/mol. The van der Waals surface area contributed by atoms with Gasteiger partial charge in [-0.3, -0.25) is 4.79 Å². The van der Waals surface area contributed by atoms with Crippen molar-refractivity contribution in [2.24, 2.45) is 5.73 Å². The molecule has 5 heteroatoms. The Kier molecular flexibility index (Phi) is 6.25. The number of hydrogen-bond donors (Lipinski definition) is 1. The van der Waals surface area contributed by atoms with Gasteiger partial charge in [0.05, 0.1) is 5.56 Å². The maximum atomic E-state index is 12.2. The molecule has 0 saturated heterocycles. The van der Waals surface area contributed by atoms with Gasteiger partial charge in [0.1, 0.15) is 11.9 Å². The second kappa shape index (κ2) is 8.41. The highest BCUT2D eigenvalue weighted by molar-refractivity contribution is 5.90. The molecule has 1 aliphatic carbocycles. The lowest BCUT2D eigenvalue weighted by molar-refractivity contribution is -0.119. The summed E-state index contributed by atoms with van der Waals surface area (Å²) >= 11 is 0. The highest BCUT2D eigenvalue weighted by atomic mass is 16.5. The number of carbonyl (C=O) groups is 2. The third-order valence-electron chi connectivity index (χ3n) is 3.78. The van der Waals surface area contributed by atoms with Crippen LogP contribution in [0.15, 0.2) is 24.3 Å². The molecule has 120 valence electrons. The van der Waals surface area contributed by atoms with E-state index >= 15 is 0 Å². The number of carbonyl (C=O) groups excluding carboxylic acids is 2. The van der Waals surface area contributed by atoms with Crippen molar-refractivity contribution in [1.29, 1.82) is 0 Å². The van der Waals surface area contributed by atoms with E-state index in [9.17, 15) is 9.59 Å². The molecule has 5 nitrogen and oxygen atoms in total. The molecule has 1 aromatic rings. The van der Waals surface area contributed by atoms with Gasteiger partial charge >= 0.3 is 5.97 Å². The highest BCUT2D eigenvalue weighted by Gasteiger charge is 2.17. The van der Waals surface area contributed by atoms with Gasteiger partial charge in [0, 0.05) is 0 Å². The molecule has 1 fully saturated rings. The molecule has 2 N–H and O–H groups in total. The second-order valence-corrected chi connectivity index (χ2v) is 5.66. The van der Waals surface area contributed by atoms with Crippen LogP contribution < -0.4 is 10.5 Å². The van der Waals surface area contributed by atoms with Gasteiger partial charge in [-0.25, -0.2) is 4.79 Å². The minimum absolute atomic E-state index is 0.00277. The molecule has 1 aromatic carbocycles. The summed E-state index contributed by atoms with van der Waals surface area (Å²) in [5.41, 5.74) is 5.47. The fraction of sp³-hybridized carbons (Fsp3) is 0.529. The number of benzene rings is 1. The van der Waals surface area contributed by atoms with Crippen molar-refractivity contribution < 1.29 is 19.1 Å². The summed E-state index contributed by atoms with van der Waals surface area (Å²) in [7, 11) is 0. The van der Waals surface area contributed by atoms with Crippen LogP contribution in [0.1, 0.15) is 55.3 Å². The minimum atomic E-state index is -0.553. The fourth-order valence-electron chi connectivity index (χ4n) is 2.62. The molecule has 0 spiro atoms. The standard InChI is InChI=1S/C17H23NO4/c18-16(19)12-21-15-10-6-7-13(11-15)17(20)22-14-8-4-2-1-3-5-9-14/h6-7,10-11,14H,1-5,8-9,12H2,(H2,18,19). The predicted octanol–water partition coefficient (Wildman–Crippen LogP) is 2.82. The molecule has 1 aliphatic rings. The van der Waals surface area contributed by atoms with Crippen molar-refractivity contribution in [3.05, 3.63) is 29.8 Å². The number of rotatable bonds is 5. The summed E-state index contributed by atoms with van der Waals surface area (Å²) in [5, 5.41) is 0. The summed E-state index contributed by atoms with van der Waals surface area (Å²) in [6.07, 6.45) is 7.80. The van der Waals surface area contributed by atoms with E-state index in [2.05, 4.69) is 0 Å². The molecular formula is C17H23NO4. The van der Waals surface area contributed by atoms with Crippen LogP contribution in [0, 0.1) is 0 Å². The first kappa shape index (κ1) is 16.3. The first-order valence-electron chi connectivity index (χ1n) is 7.87. The van der Waals surface area contributed by atoms with Gasteiger partial charge in [-0.05, 0) is 43.9 Å². The lowest BCUT2D eigenvalue weighted by Crippen LogP contribution is -2.21. The largest absolute Gasteiger partial charge is 0.484 e. The Morgan fingerprint density at radius 1 is 1.09 bits per heavy atom. The number of primary amides is 1. The molecule has 0 aromatic heterocycles. The number of esters is 1. The van der Waals surface area contributed by atoms with E-state index in [1.807, 2.05) is 0 Å². The van der Waals surface area contributed by atoms with Gasteiger partial charge in [0.15, 0.2) is 6.61 Å². The Balaban J connectivity index is 1.93. The molecule has 0 bridgehead atoms. The average molecular weight is 305 g/mol. The average Bonchev–Trinajstić information content (AvgIpc) is 2.48. The van der Waals surface area contributed by atoms with Gasteiger partial charge in [0.2, 0.25) is 0 Å². The maximum Gasteiger partial charge on any atom is 0.338 e. The van der Waals surface area contributed by atoms with Crippen molar-refractivity contribution in [3.8, 4) is 5.75 Å². The van der Waals surface area contributed by atoms with Crippen LogP contribution in [0.4, 0.5) is 0 Å². The third kappa shape index (κ3) is 5.39. The van der Waals surface area contributed by atoms with Gasteiger partial charge in [-0.15, -0.1) is 0 Å². The molecule has 1 amide bonds. The van der Waals surface area contributed by atoms with E-state index in [4.69, 9.17) is 15.2 Å². The van der Waals surface area contributed by atoms with E-state index in [1.165, 1.54) is 19.3 Å². The van der Waals surface area contributed by atoms with Crippen LogP contribution in [0.5, 0.6) is 5.75 Å². The Hall–Kier alpha value is -2.04. The number of ether oxygens (including phenoxy) is 2. The lowest BCUT2D eigenvalue weighted by Gasteiger charge is -2.20. The molecule has 2 rings (SSSR count). The van der Waals surface area contributed by atoms with Crippen LogP contribution in [0.25, 0.3) is 0 Å². The van der Waals surface area contributed by atoms with Gasteiger partial charge in [-0.1, -0.05) is 25.3 Å². The van der Waals surface area contributed by atoms with Crippen molar-refractivity contribution in [3.63, 3.8) is 0 Å². The Morgan fingerprint density at radius 2 is 1.77 bits per heavy atom. The first-order valence-corrected chi connectivity index (χ1v) is 7.87. The summed E-state index contributed by atoms with van der Waals surface area (Å²) in [6, 6.07) is 6.64. The highest BCUT2D eigenvalue weighted by Crippen LogP contribution is 2.21. The molecule has 0 radical (unpaired) electrons. The third-order valence-corrected chi connectivity index (χ3v) is 3.78. The minimum Gasteiger partial charge on any atom is -0.484 e. The monoisotopic (exact) mass is 305 g/mol. The normalized spacial score (nSPS) is 16.4. The summed E-state index contributed by atoms with van der Waals surface area (Å²) in [5.74, 6) is -0.455. The zero-order valence-electron chi connectivity index (χ0n) is 12.8. The maximum absolute atomic E-state index is 12.2. The van der Waals surface area contributed by atoms with Gasteiger partial charge in [-0.2, -0.15) is 0 Å². The molecule has 0 aliphatic heterocycles. The molecule has 22 heavy (non-hydrogen) atoms. The van der Waals surface area contributed by atoms with Crippen LogP contribution >= 0.6 is 0 Å². The van der Waals surface area contributed by atoms with E-state index in [0.717, 1.165) is 25.7 Å². The topological polar surface area (TPSA) is 78.6 Å². The fourth-order valence-corrected chi connectivity index (χ4v) is 2.62. The van der Waals surface area contributed by atoms with E-state index in [1.54, 1.807) is 24.3 Å². The summed E-state index contributed by atoms with van der Waals surface area (Å²) in [6.45, 7) is -0.207. The smallest absolute Gasteiger partial charge is 0.338 e. The summed E-state index contributed by atoms with van der Waals surface area (Å²) < 4.78 is 10.8. The van der Waals surface area contributed by atoms with E-state index in [-0.39, 0.29) is 18.7 Å². The van der Waals surface area contributed by atoms with Crippen molar-refractivity contribution in [1.82, 2.24) is 0 Å².